The van der Waals surface area contributed by atoms with Crippen molar-refractivity contribution in [2.45, 2.75) is 24.0 Å². The van der Waals surface area contributed by atoms with Crippen molar-refractivity contribution in [1.82, 2.24) is 4.90 Å². The Morgan fingerprint density at radius 1 is 1.29 bits per heavy atom. The molecular weight excluding hydrogens is 322 g/mol. The SMILES string of the molecule is COCC1CCN(C(=O)c2ccc(CSc3ccc(C)cc3)o2)C1. The summed E-state index contributed by atoms with van der Waals surface area (Å²) in [4.78, 5) is 15.6. The van der Waals surface area contributed by atoms with E-state index in [1.54, 1.807) is 24.9 Å². The Hall–Kier alpha value is -1.72. The van der Waals surface area contributed by atoms with Gasteiger partial charge in [-0.1, -0.05) is 17.7 Å². The summed E-state index contributed by atoms with van der Waals surface area (Å²) in [5.41, 5.74) is 1.25. The van der Waals surface area contributed by atoms with Gasteiger partial charge in [0.15, 0.2) is 5.76 Å². The number of carbonyl (C=O) groups is 1. The first-order valence-corrected chi connectivity index (χ1v) is 9.20. The smallest absolute Gasteiger partial charge is 0.289 e. The first-order chi connectivity index (χ1) is 11.7. The summed E-state index contributed by atoms with van der Waals surface area (Å²) in [6.45, 7) is 4.32. The molecule has 1 aromatic carbocycles. The Morgan fingerprint density at radius 2 is 2.08 bits per heavy atom. The molecule has 3 rings (SSSR count). The Labute approximate surface area is 147 Å². The standard InChI is InChI=1S/C19H23NO3S/c1-14-3-6-17(7-4-14)24-13-16-5-8-18(23-16)19(21)20-10-9-15(11-20)12-22-2/h3-8,15H,9-13H2,1-2H3. The normalized spacial score (nSPS) is 17.4. The summed E-state index contributed by atoms with van der Waals surface area (Å²) in [7, 11) is 1.70. The Bertz CT molecular complexity index is 680. The molecule has 4 nitrogen and oxygen atoms in total. The van der Waals surface area contributed by atoms with Crippen LogP contribution in [0.5, 0.6) is 0 Å². The molecule has 1 fully saturated rings. The van der Waals surface area contributed by atoms with Crippen LogP contribution in [-0.4, -0.2) is 37.6 Å². The molecule has 5 heteroatoms. The van der Waals surface area contributed by atoms with Gasteiger partial charge in [-0.15, -0.1) is 11.8 Å². The number of likely N-dealkylation sites (tertiary alicyclic amines) is 1. The Balaban J connectivity index is 1.55. The zero-order chi connectivity index (χ0) is 16.9. The van der Waals surface area contributed by atoms with E-state index in [9.17, 15) is 4.79 Å². The highest BCUT2D eigenvalue weighted by Crippen LogP contribution is 2.25. The molecule has 0 aliphatic carbocycles. The van der Waals surface area contributed by atoms with E-state index in [-0.39, 0.29) is 5.91 Å². The fourth-order valence-electron chi connectivity index (χ4n) is 2.90. The van der Waals surface area contributed by atoms with E-state index >= 15 is 0 Å². The quantitative estimate of drug-likeness (QED) is 0.743. The largest absolute Gasteiger partial charge is 0.455 e. The van der Waals surface area contributed by atoms with Crippen molar-refractivity contribution in [3.63, 3.8) is 0 Å². The lowest BCUT2D eigenvalue weighted by Gasteiger charge is -2.14. The van der Waals surface area contributed by atoms with Crippen molar-refractivity contribution in [3.05, 3.63) is 53.5 Å². The average molecular weight is 345 g/mol. The van der Waals surface area contributed by atoms with E-state index in [4.69, 9.17) is 9.15 Å². The average Bonchev–Trinajstić information content (AvgIpc) is 3.24. The number of benzene rings is 1. The van der Waals surface area contributed by atoms with Crippen LogP contribution in [0.2, 0.25) is 0 Å². The molecule has 1 atom stereocenters. The van der Waals surface area contributed by atoms with Gasteiger partial charge in [-0.2, -0.15) is 0 Å². The third-order valence-electron chi connectivity index (χ3n) is 4.25. The summed E-state index contributed by atoms with van der Waals surface area (Å²) in [5.74, 6) is 2.41. The van der Waals surface area contributed by atoms with Gasteiger partial charge in [0.1, 0.15) is 5.76 Å². The number of thioether (sulfide) groups is 1. The summed E-state index contributed by atoms with van der Waals surface area (Å²) < 4.78 is 10.9. The maximum absolute atomic E-state index is 12.5. The van der Waals surface area contributed by atoms with Crippen LogP contribution in [0, 0.1) is 12.8 Å². The summed E-state index contributed by atoms with van der Waals surface area (Å²) in [5, 5.41) is 0. The van der Waals surface area contributed by atoms with Gasteiger partial charge in [-0.3, -0.25) is 4.79 Å². The number of nitrogens with zero attached hydrogens (tertiary/aromatic N) is 1. The van der Waals surface area contributed by atoms with E-state index in [0.29, 0.717) is 18.3 Å². The number of rotatable bonds is 6. The maximum atomic E-state index is 12.5. The molecule has 1 saturated heterocycles. The molecule has 1 aliphatic heterocycles. The first kappa shape index (κ1) is 17.1. The molecule has 0 saturated carbocycles. The van der Waals surface area contributed by atoms with Gasteiger partial charge in [0.2, 0.25) is 0 Å². The molecule has 24 heavy (non-hydrogen) atoms. The molecule has 0 bridgehead atoms. The van der Waals surface area contributed by atoms with Crippen molar-refractivity contribution in [2.75, 3.05) is 26.8 Å². The molecule has 1 aliphatic rings. The molecule has 0 N–H and O–H groups in total. The molecule has 0 spiro atoms. The Morgan fingerprint density at radius 3 is 2.83 bits per heavy atom. The lowest BCUT2D eigenvalue weighted by molar-refractivity contribution is 0.0742. The summed E-state index contributed by atoms with van der Waals surface area (Å²) in [6, 6.07) is 12.1. The third kappa shape index (κ3) is 4.22. The van der Waals surface area contributed by atoms with Gasteiger partial charge in [0.25, 0.3) is 5.91 Å². The van der Waals surface area contributed by atoms with E-state index in [0.717, 1.165) is 31.0 Å². The van der Waals surface area contributed by atoms with Crippen molar-refractivity contribution >= 4 is 17.7 Å². The predicted octanol–water partition coefficient (Wildman–Crippen LogP) is 3.99. The number of ether oxygens (including phenoxy) is 1. The fraction of sp³-hybridized carbons (Fsp3) is 0.421. The fourth-order valence-corrected chi connectivity index (χ4v) is 3.70. The van der Waals surface area contributed by atoms with Crippen LogP contribution < -0.4 is 0 Å². The molecule has 1 unspecified atom stereocenters. The molecule has 1 aromatic heterocycles. The van der Waals surface area contributed by atoms with Gasteiger partial charge in [-0.05, 0) is 37.6 Å². The van der Waals surface area contributed by atoms with Crippen molar-refractivity contribution in [2.24, 2.45) is 5.92 Å². The minimum atomic E-state index is -0.0137. The van der Waals surface area contributed by atoms with Crippen LogP contribution in [0.1, 0.15) is 28.3 Å². The first-order valence-electron chi connectivity index (χ1n) is 8.22. The molecule has 1 amide bonds. The van der Waals surface area contributed by atoms with Gasteiger partial charge >= 0.3 is 0 Å². The van der Waals surface area contributed by atoms with Crippen LogP contribution in [0.25, 0.3) is 0 Å². The maximum Gasteiger partial charge on any atom is 0.289 e. The van der Waals surface area contributed by atoms with Crippen molar-refractivity contribution in [3.8, 4) is 0 Å². The second-order valence-corrected chi connectivity index (χ2v) is 7.28. The molecule has 0 radical (unpaired) electrons. The van der Waals surface area contributed by atoms with Crippen LogP contribution >= 0.6 is 11.8 Å². The predicted molar refractivity (Wildman–Crippen MR) is 95.3 cm³/mol. The van der Waals surface area contributed by atoms with E-state index in [1.165, 1.54) is 10.5 Å². The highest BCUT2D eigenvalue weighted by Gasteiger charge is 2.28. The number of furan rings is 1. The minimum Gasteiger partial charge on any atom is -0.455 e. The minimum absolute atomic E-state index is 0.0137. The van der Waals surface area contributed by atoms with E-state index in [1.807, 2.05) is 11.0 Å². The molecular formula is C19H23NO3S. The molecule has 2 heterocycles. The number of aryl methyl sites for hydroxylation is 1. The number of hydrogen-bond donors (Lipinski definition) is 0. The van der Waals surface area contributed by atoms with Gasteiger partial charge in [-0.25, -0.2) is 0 Å². The number of hydrogen-bond acceptors (Lipinski definition) is 4. The number of carbonyl (C=O) groups excluding carboxylic acids is 1. The Kier molecular flexibility index (Phi) is 5.63. The van der Waals surface area contributed by atoms with Crippen LogP contribution in [0.15, 0.2) is 45.7 Å². The summed E-state index contributed by atoms with van der Waals surface area (Å²) in [6.07, 6.45) is 0.996. The molecule has 128 valence electrons. The monoisotopic (exact) mass is 345 g/mol. The highest BCUT2D eigenvalue weighted by atomic mass is 32.2. The lowest BCUT2D eigenvalue weighted by Crippen LogP contribution is -2.28. The zero-order valence-corrected chi connectivity index (χ0v) is 15.0. The van der Waals surface area contributed by atoms with Gasteiger partial charge in [0, 0.05) is 31.0 Å². The number of amides is 1. The highest BCUT2D eigenvalue weighted by molar-refractivity contribution is 7.98. The van der Waals surface area contributed by atoms with E-state index < -0.39 is 0 Å². The van der Waals surface area contributed by atoms with Crippen LogP contribution in [-0.2, 0) is 10.5 Å². The summed E-state index contributed by atoms with van der Waals surface area (Å²) >= 11 is 1.71. The van der Waals surface area contributed by atoms with Crippen molar-refractivity contribution < 1.29 is 13.9 Å². The third-order valence-corrected chi connectivity index (χ3v) is 5.28. The second kappa shape index (κ2) is 7.90. The topological polar surface area (TPSA) is 42.7 Å². The lowest BCUT2D eigenvalue weighted by atomic mass is 10.1. The molecule has 2 aromatic rings. The van der Waals surface area contributed by atoms with E-state index in [2.05, 4.69) is 31.2 Å². The van der Waals surface area contributed by atoms with Crippen LogP contribution in [0.4, 0.5) is 0 Å². The zero-order valence-electron chi connectivity index (χ0n) is 14.2. The van der Waals surface area contributed by atoms with Crippen LogP contribution in [0.3, 0.4) is 0 Å². The van der Waals surface area contributed by atoms with Gasteiger partial charge in [0.05, 0.1) is 12.4 Å². The second-order valence-electron chi connectivity index (χ2n) is 6.23. The van der Waals surface area contributed by atoms with Crippen molar-refractivity contribution in [1.29, 1.82) is 0 Å². The number of methoxy groups -OCH3 is 1. The van der Waals surface area contributed by atoms with Gasteiger partial charge < -0.3 is 14.1 Å².